The van der Waals surface area contributed by atoms with Gasteiger partial charge in [0.1, 0.15) is 18.3 Å². The van der Waals surface area contributed by atoms with Gasteiger partial charge in [-0.1, -0.05) is 0 Å². The molecule has 1 aromatic rings. The zero-order chi connectivity index (χ0) is 27.7. The maximum Gasteiger partial charge on any atom is 0.466 e. The van der Waals surface area contributed by atoms with Gasteiger partial charge in [-0.25, -0.2) is 18.5 Å². The van der Waals surface area contributed by atoms with Crippen LogP contribution in [0.2, 0.25) is 0 Å². The summed E-state index contributed by atoms with van der Waals surface area (Å²) in [6.45, 7) is -0.484. The van der Waals surface area contributed by atoms with Gasteiger partial charge in [0.05, 0.1) is 11.5 Å². The molecule has 202 valence electrons. The number of aliphatic hydroxyl groups is 3. The SMILES string of the molecule is CSc1cn([C@@H]2O[C@H](CO)[C@@H](O)[C@H]2O)c(=O)[nH]c1=O.O=P(O)(O)O.O=P(O)(O)O.O=P(O)(O)O. The molecule has 34 heavy (non-hydrogen) atoms. The Labute approximate surface area is 192 Å². The summed E-state index contributed by atoms with van der Waals surface area (Å²) < 4.78 is 32.9. The van der Waals surface area contributed by atoms with E-state index in [0.717, 1.165) is 16.3 Å². The highest BCUT2D eigenvalue weighted by Gasteiger charge is 2.43. The van der Waals surface area contributed by atoms with Crippen LogP contribution in [0.5, 0.6) is 0 Å². The lowest BCUT2D eigenvalue weighted by molar-refractivity contribution is -0.0553. The summed E-state index contributed by atoms with van der Waals surface area (Å²) >= 11 is 1.13. The van der Waals surface area contributed by atoms with Crippen LogP contribution >= 0.6 is 35.2 Å². The molecule has 1 fully saturated rings. The minimum absolute atomic E-state index is 0.275. The first-order chi connectivity index (χ1) is 15.0. The third-order valence-electron chi connectivity index (χ3n) is 2.95. The normalized spacial score (nSPS) is 22.4. The van der Waals surface area contributed by atoms with Gasteiger partial charge in [-0.2, -0.15) is 0 Å². The third-order valence-corrected chi connectivity index (χ3v) is 3.68. The van der Waals surface area contributed by atoms with E-state index in [1.165, 1.54) is 6.20 Å². The summed E-state index contributed by atoms with van der Waals surface area (Å²) in [5.74, 6) is 0. The van der Waals surface area contributed by atoms with E-state index in [9.17, 15) is 19.8 Å². The fourth-order valence-electron chi connectivity index (χ4n) is 1.91. The van der Waals surface area contributed by atoms with Gasteiger partial charge in [0.2, 0.25) is 0 Å². The Hall–Kier alpha value is -0.800. The van der Waals surface area contributed by atoms with Gasteiger partial charge in [0.15, 0.2) is 6.23 Å². The molecule has 1 aromatic heterocycles. The van der Waals surface area contributed by atoms with E-state index in [1.54, 1.807) is 6.26 Å². The Morgan fingerprint density at radius 2 is 1.29 bits per heavy atom. The Morgan fingerprint density at radius 3 is 1.59 bits per heavy atom. The molecule has 0 bridgehead atoms. The Balaban J connectivity index is 0. The first-order valence-corrected chi connectivity index (χ1v) is 13.8. The average Bonchev–Trinajstić information content (AvgIpc) is 2.86. The number of hydrogen-bond acceptors (Lipinski definition) is 10. The second-order valence-corrected chi connectivity index (χ2v) is 9.56. The molecule has 24 heteroatoms. The Morgan fingerprint density at radius 1 is 0.912 bits per heavy atom. The van der Waals surface area contributed by atoms with Crippen molar-refractivity contribution in [3.63, 3.8) is 0 Å². The van der Waals surface area contributed by atoms with Gasteiger partial charge >= 0.3 is 29.2 Å². The number of ether oxygens (including phenoxy) is 1. The van der Waals surface area contributed by atoms with Crippen LogP contribution in [0.3, 0.4) is 0 Å². The minimum atomic E-state index is -4.64. The van der Waals surface area contributed by atoms with Crippen molar-refractivity contribution < 1.29 is 77.8 Å². The number of aliphatic hydroxyl groups excluding tert-OH is 3. The lowest BCUT2D eigenvalue weighted by atomic mass is 10.1. The highest BCUT2D eigenvalue weighted by Crippen LogP contribution is 2.28. The maximum absolute atomic E-state index is 11.7. The van der Waals surface area contributed by atoms with Crippen molar-refractivity contribution in [2.24, 2.45) is 0 Å². The standard InChI is InChI=1S/C10H14N2O6S.3H3O4P/c1-19-5-2-12(10(17)11-8(5)16)9-7(15)6(14)4(3-13)18-9;3*1-5(2,3)4/h2,4,6-7,9,13-15H,3H2,1H3,(H,11,16,17);3*(H3,1,2,3,4)/t4-,6-,7-,9-;;;/m1.../s1. The molecule has 1 aliphatic rings. The lowest BCUT2D eigenvalue weighted by Crippen LogP contribution is -2.38. The first kappa shape index (κ1) is 35.4. The second kappa shape index (κ2) is 14.7. The van der Waals surface area contributed by atoms with E-state index >= 15 is 0 Å². The Kier molecular flexibility index (Phi) is 15.3. The molecule has 2 heterocycles. The van der Waals surface area contributed by atoms with Crippen molar-refractivity contribution in [1.29, 1.82) is 0 Å². The highest BCUT2D eigenvalue weighted by molar-refractivity contribution is 7.98. The van der Waals surface area contributed by atoms with E-state index in [0.29, 0.717) is 0 Å². The molecule has 0 radical (unpaired) electrons. The van der Waals surface area contributed by atoms with Crippen molar-refractivity contribution in [1.82, 2.24) is 9.55 Å². The zero-order valence-corrected chi connectivity index (χ0v) is 20.1. The summed E-state index contributed by atoms with van der Waals surface area (Å²) in [6, 6.07) is 0. The minimum Gasteiger partial charge on any atom is -0.394 e. The average molecular weight is 584 g/mol. The molecule has 0 unspecified atom stereocenters. The molecule has 0 saturated carbocycles. The summed E-state index contributed by atoms with van der Waals surface area (Å²) in [5.41, 5.74) is -1.28. The van der Waals surface area contributed by atoms with Crippen molar-refractivity contribution >= 4 is 35.2 Å². The van der Waals surface area contributed by atoms with Crippen molar-refractivity contribution in [2.75, 3.05) is 12.9 Å². The van der Waals surface area contributed by atoms with Gasteiger partial charge in [-0.3, -0.25) is 14.3 Å². The van der Waals surface area contributed by atoms with Gasteiger partial charge < -0.3 is 64.1 Å². The van der Waals surface area contributed by atoms with Crippen LogP contribution in [0.15, 0.2) is 20.7 Å². The lowest BCUT2D eigenvalue weighted by Gasteiger charge is -2.17. The molecule has 4 atom stereocenters. The zero-order valence-electron chi connectivity index (χ0n) is 16.6. The fraction of sp³-hybridized carbons (Fsp3) is 0.600. The Bertz CT molecular complexity index is 938. The summed E-state index contributed by atoms with van der Waals surface area (Å²) in [6.07, 6.45) is -1.87. The first-order valence-electron chi connectivity index (χ1n) is 7.86. The number of phosphoric acid groups is 3. The smallest absolute Gasteiger partial charge is 0.394 e. The largest absolute Gasteiger partial charge is 0.466 e. The van der Waals surface area contributed by atoms with Gasteiger partial charge in [-0.15, -0.1) is 11.8 Å². The fourth-order valence-corrected chi connectivity index (χ4v) is 2.37. The van der Waals surface area contributed by atoms with Crippen LogP contribution in [-0.2, 0) is 18.4 Å². The van der Waals surface area contributed by atoms with E-state index in [2.05, 4.69) is 4.98 Å². The number of nitrogens with zero attached hydrogens (tertiary/aromatic N) is 1. The topological polar surface area (TPSA) is 358 Å². The number of nitrogens with one attached hydrogen (secondary N) is 1. The molecule has 0 amide bonds. The second-order valence-electron chi connectivity index (χ2n) is 5.63. The highest BCUT2D eigenvalue weighted by atomic mass is 32.2. The van der Waals surface area contributed by atoms with Crippen molar-refractivity contribution in [3.8, 4) is 0 Å². The molecule has 20 nitrogen and oxygen atoms in total. The number of rotatable bonds is 3. The van der Waals surface area contributed by atoms with Gasteiger partial charge in [0, 0.05) is 6.20 Å². The summed E-state index contributed by atoms with van der Waals surface area (Å²) in [7, 11) is -13.9. The van der Waals surface area contributed by atoms with Crippen molar-refractivity contribution in [3.05, 3.63) is 27.0 Å². The molecule has 13 N–H and O–H groups in total. The number of aromatic nitrogens is 2. The number of thioether (sulfide) groups is 1. The molecule has 2 rings (SSSR count). The summed E-state index contributed by atoms with van der Waals surface area (Å²) in [5, 5.41) is 28.4. The quantitative estimate of drug-likeness (QED) is 0.117. The van der Waals surface area contributed by atoms with E-state index in [4.69, 9.17) is 67.6 Å². The van der Waals surface area contributed by atoms with Gasteiger partial charge in [0.25, 0.3) is 5.56 Å². The summed E-state index contributed by atoms with van der Waals surface area (Å²) in [4.78, 5) is 90.2. The maximum atomic E-state index is 11.7. The van der Waals surface area contributed by atoms with Crippen LogP contribution in [0.4, 0.5) is 0 Å². The monoisotopic (exact) mass is 584 g/mol. The van der Waals surface area contributed by atoms with Crippen LogP contribution in [0.1, 0.15) is 6.23 Å². The number of hydrogen-bond donors (Lipinski definition) is 13. The molecule has 1 aliphatic heterocycles. The van der Waals surface area contributed by atoms with E-state index in [1.807, 2.05) is 0 Å². The van der Waals surface area contributed by atoms with E-state index < -0.39 is 65.9 Å². The predicted octanol–water partition coefficient (Wildman–Crippen LogP) is -4.92. The number of aromatic amines is 1. The van der Waals surface area contributed by atoms with Crippen LogP contribution in [0.25, 0.3) is 0 Å². The number of H-pyrrole nitrogens is 1. The van der Waals surface area contributed by atoms with Crippen molar-refractivity contribution in [2.45, 2.75) is 29.4 Å². The van der Waals surface area contributed by atoms with E-state index in [-0.39, 0.29) is 4.90 Å². The predicted molar refractivity (Wildman–Crippen MR) is 109 cm³/mol. The molecular formula is C10H23N2O18P3S. The molecule has 1 saturated heterocycles. The van der Waals surface area contributed by atoms with Crippen LogP contribution in [0, 0.1) is 0 Å². The third kappa shape index (κ3) is 18.5. The molecule has 0 aromatic carbocycles. The molecule has 0 spiro atoms. The van der Waals surface area contributed by atoms with Crippen LogP contribution < -0.4 is 11.2 Å². The van der Waals surface area contributed by atoms with Crippen LogP contribution in [-0.4, -0.2) is 100 Å². The van der Waals surface area contributed by atoms with Gasteiger partial charge in [-0.05, 0) is 6.26 Å². The molecular weight excluding hydrogens is 561 g/mol. The molecule has 0 aliphatic carbocycles.